The predicted octanol–water partition coefficient (Wildman–Crippen LogP) is 8.34. The number of aromatic nitrogens is 4. The SMILES string of the molecule is Cc1ccc(CCCOCCOCCOCCOCCOCCNC(=O)C[C@@H]2N=C(c3ccc(Cl)cc3)c3c(sc(C)c3C)-n3c(C)nnc32)c(F)c1-c1c(C(=O)N[C@@H](CC(N)=O)c2cccc(Cl)c2)c[nH]c1C#N. The van der Waals surface area contributed by atoms with Gasteiger partial charge in [0.25, 0.3) is 5.91 Å². The average molecular weight is 1090 g/mol. The number of nitriles is 1. The van der Waals surface area contributed by atoms with E-state index in [4.69, 9.17) is 57.6 Å². The van der Waals surface area contributed by atoms with E-state index in [1.807, 2.05) is 41.8 Å². The fraction of sp³-hybridized carbons (Fsp3) is 0.389. The first-order valence-corrected chi connectivity index (χ1v) is 26.1. The van der Waals surface area contributed by atoms with Gasteiger partial charge in [-0.1, -0.05) is 59.6 Å². The molecule has 21 heteroatoms. The van der Waals surface area contributed by atoms with Crippen LogP contribution >= 0.6 is 34.5 Å². The van der Waals surface area contributed by atoms with Gasteiger partial charge in [-0.3, -0.25) is 23.9 Å². The second-order valence-electron chi connectivity index (χ2n) is 17.7. The Balaban J connectivity index is 0.739. The standard InChI is InChI=1S/C54H60Cl2FN9O8S/c1-32-10-11-36(50(57)47(32)49-41(31-61-44(49)30-58)53(69)63-42(28-45(59)67)38-7-5-9-40(56)27-38)8-6-17-70-19-21-72-23-25-74-26-24-73-22-20-71-18-16-60-46(68)29-43-52-65-64-35(4)66(52)54-48(33(2)34(3)75-54)51(62-43)37-12-14-39(55)15-13-37/h5,7,9-15,27,31,42-43,61H,6,8,16-26,28-29H2,1-4H3,(H2,59,67)(H,60,68)(H,63,69)/t42-,43-/m0/s1. The number of amides is 3. The highest BCUT2D eigenvalue weighted by Crippen LogP contribution is 2.40. The molecule has 1 aliphatic rings. The largest absolute Gasteiger partial charge is 0.379 e. The number of aryl methyl sites for hydroxylation is 4. The van der Waals surface area contributed by atoms with Gasteiger partial charge in [0.2, 0.25) is 11.8 Å². The molecule has 2 atom stereocenters. The molecule has 3 aromatic heterocycles. The van der Waals surface area contributed by atoms with Crippen molar-refractivity contribution in [2.24, 2.45) is 10.7 Å². The minimum absolute atomic E-state index is 0.0178. The minimum atomic E-state index is -0.815. The molecule has 17 nitrogen and oxygen atoms in total. The van der Waals surface area contributed by atoms with Crippen LogP contribution in [0.4, 0.5) is 4.39 Å². The van der Waals surface area contributed by atoms with E-state index in [1.165, 1.54) is 11.1 Å². The lowest BCUT2D eigenvalue weighted by molar-refractivity contribution is -0.122. The van der Waals surface area contributed by atoms with Crippen LogP contribution in [0.3, 0.4) is 0 Å². The van der Waals surface area contributed by atoms with Gasteiger partial charge in [-0.25, -0.2) is 4.39 Å². The van der Waals surface area contributed by atoms with Gasteiger partial charge in [0.15, 0.2) is 5.82 Å². The molecule has 0 spiro atoms. The van der Waals surface area contributed by atoms with Crippen LogP contribution in [0, 0.1) is 44.8 Å². The van der Waals surface area contributed by atoms with E-state index in [-0.39, 0.29) is 41.1 Å². The Morgan fingerprint density at radius 3 is 2.17 bits per heavy atom. The third kappa shape index (κ3) is 14.7. The summed E-state index contributed by atoms with van der Waals surface area (Å²) < 4.78 is 46.5. The zero-order valence-electron chi connectivity index (χ0n) is 42.2. The van der Waals surface area contributed by atoms with Gasteiger partial charge >= 0.3 is 0 Å². The third-order valence-corrected chi connectivity index (χ3v) is 14.1. The number of aromatic amines is 1. The number of fused-ring (bicyclic) bond motifs is 3. The van der Waals surface area contributed by atoms with Crippen molar-refractivity contribution in [2.45, 2.75) is 65.5 Å². The molecule has 0 unspecified atom stereocenters. The molecule has 0 aliphatic carbocycles. The summed E-state index contributed by atoms with van der Waals surface area (Å²) in [6.45, 7) is 11.7. The number of nitrogens with one attached hydrogen (secondary N) is 3. The van der Waals surface area contributed by atoms with Gasteiger partial charge in [-0.2, -0.15) is 5.26 Å². The number of benzene rings is 3. The normalized spacial score (nSPS) is 13.4. The Labute approximate surface area is 448 Å². The van der Waals surface area contributed by atoms with Crippen molar-refractivity contribution in [1.82, 2.24) is 30.4 Å². The summed E-state index contributed by atoms with van der Waals surface area (Å²) in [5, 5.41) is 26.6. The van der Waals surface area contributed by atoms with Crippen LogP contribution in [-0.4, -0.2) is 116 Å². The highest BCUT2D eigenvalue weighted by molar-refractivity contribution is 7.15. The van der Waals surface area contributed by atoms with Gasteiger partial charge in [-0.15, -0.1) is 21.5 Å². The van der Waals surface area contributed by atoms with Crippen LogP contribution in [0.25, 0.3) is 16.1 Å². The number of nitrogens with zero attached hydrogens (tertiary/aromatic N) is 5. The number of carbonyl (C=O) groups excluding carboxylic acids is 3. The molecular weight excluding hydrogens is 1020 g/mol. The maximum Gasteiger partial charge on any atom is 0.253 e. The number of nitrogens with two attached hydrogens (primary N) is 1. The Kier molecular flexibility index (Phi) is 20.6. The molecule has 0 fully saturated rings. The van der Waals surface area contributed by atoms with Crippen molar-refractivity contribution in [1.29, 1.82) is 5.26 Å². The number of primary amides is 1. The lowest BCUT2D eigenvalue weighted by Gasteiger charge is -2.19. The Morgan fingerprint density at radius 1 is 0.853 bits per heavy atom. The van der Waals surface area contributed by atoms with Gasteiger partial charge in [0.05, 0.1) is 89.6 Å². The monoisotopic (exact) mass is 1080 g/mol. The molecule has 0 bridgehead atoms. The number of aliphatic imine (C=N–C) groups is 1. The molecule has 1 aliphatic heterocycles. The van der Waals surface area contributed by atoms with E-state index >= 15 is 4.39 Å². The minimum Gasteiger partial charge on any atom is -0.379 e. The van der Waals surface area contributed by atoms with Gasteiger partial charge in [0, 0.05) is 56.5 Å². The Bertz CT molecular complexity index is 3030. The molecule has 0 radical (unpaired) electrons. The fourth-order valence-electron chi connectivity index (χ4n) is 8.57. The van der Waals surface area contributed by atoms with Crippen LogP contribution in [0.1, 0.15) is 97.3 Å². The van der Waals surface area contributed by atoms with Crippen molar-refractivity contribution >= 4 is 58.0 Å². The molecule has 0 saturated carbocycles. The maximum atomic E-state index is 16.3. The first-order valence-electron chi connectivity index (χ1n) is 24.5. The summed E-state index contributed by atoms with van der Waals surface area (Å²) >= 11 is 14.1. The van der Waals surface area contributed by atoms with Crippen molar-refractivity contribution in [2.75, 3.05) is 72.6 Å². The van der Waals surface area contributed by atoms with E-state index in [1.54, 1.807) is 54.7 Å². The number of ether oxygens (including phenoxy) is 5. The number of hydrogen-bond acceptors (Lipinski definition) is 13. The lowest BCUT2D eigenvalue weighted by Crippen LogP contribution is -2.32. The van der Waals surface area contributed by atoms with Crippen LogP contribution in [0.2, 0.25) is 10.0 Å². The quantitative estimate of drug-likeness (QED) is 0.0341. The second kappa shape index (κ2) is 27.4. The van der Waals surface area contributed by atoms with Crippen molar-refractivity contribution in [3.63, 3.8) is 0 Å². The van der Waals surface area contributed by atoms with Crippen LogP contribution in [0.15, 0.2) is 71.9 Å². The van der Waals surface area contributed by atoms with Crippen LogP contribution in [0.5, 0.6) is 0 Å². The van der Waals surface area contributed by atoms with Gasteiger partial charge in [-0.05, 0) is 87.1 Å². The molecule has 396 valence electrons. The highest BCUT2D eigenvalue weighted by atomic mass is 35.5. The molecular formula is C54H60Cl2FN9O8S. The molecule has 75 heavy (non-hydrogen) atoms. The molecule has 4 heterocycles. The first kappa shape index (κ1) is 56.4. The van der Waals surface area contributed by atoms with Crippen molar-refractivity contribution in [3.05, 3.63) is 144 Å². The summed E-state index contributed by atoms with van der Waals surface area (Å²) in [6, 6.07) is 18.3. The summed E-state index contributed by atoms with van der Waals surface area (Å²) in [6.07, 6.45) is 2.09. The number of H-pyrrole nitrogens is 1. The van der Waals surface area contributed by atoms with E-state index in [9.17, 15) is 19.6 Å². The van der Waals surface area contributed by atoms with Gasteiger partial charge in [0.1, 0.15) is 34.4 Å². The van der Waals surface area contributed by atoms with Crippen molar-refractivity contribution < 1.29 is 42.5 Å². The number of hydrogen-bond donors (Lipinski definition) is 4. The Morgan fingerprint density at radius 2 is 1.52 bits per heavy atom. The molecule has 6 aromatic rings. The fourth-order valence-corrected chi connectivity index (χ4v) is 10.1. The molecule has 7 rings (SSSR count). The summed E-state index contributed by atoms with van der Waals surface area (Å²) in [5.41, 5.74) is 11.1. The molecule has 5 N–H and O–H groups in total. The van der Waals surface area contributed by atoms with E-state index in [0.717, 1.165) is 33.2 Å². The van der Waals surface area contributed by atoms with Crippen molar-refractivity contribution in [3.8, 4) is 22.2 Å². The summed E-state index contributed by atoms with van der Waals surface area (Å²) in [5.74, 6) is -0.650. The Hall–Kier alpha value is -6.34. The number of carbonyl (C=O) groups is 3. The summed E-state index contributed by atoms with van der Waals surface area (Å²) in [7, 11) is 0. The zero-order valence-corrected chi connectivity index (χ0v) is 44.6. The van der Waals surface area contributed by atoms with Crippen LogP contribution in [-0.2, 0) is 39.7 Å². The van der Waals surface area contributed by atoms with Gasteiger partial charge < -0.3 is 45.0 Å². The van der Waals surface area contributed by atoms with E-state index in [0.29, 0.717) is 118 Å². The van der Waals surface area contributed by atoms with E-state index in [2.05, 4.69) is 39.7 Å². The molecule has 3 amide bonds. The molecule has 0 saturated heterocycles. The topological polar surface area (TPSA) is 230 Å². The maximum absolute atomic E-state index is 16.3. The van der Waals surface area contributed by atoms with E-state index < -0.39 is 29.7 Å². The lowest BCUT2D eigenvalue weighted by atomic mass is 9.92. The second-order valence-corrected chi connectivity index (χ2v) is 19.7. The zero-order chi connectivity index (χ0) is 53.4. The average Bonchev–Trinajstić information content (AvgIpc) is 4.07. The molecule has 3 aromatic carbocycles. The summed E-state index contributed by atoms with van der Waals surface area (Å²) in [4.78, 5) is 48.0. The smallest absolute Gasteiger partial charge is 0.253 e. The predicted molar refractivity (Wildman–Crippen MR) is 284 cm³/mol. The first-order chi connectivity index (χ1) is 36.2. The number of rotatable bonds is 28. The number of thiophene rings is 1. The van der Waals surface area contributed by atoms with Crippen LogP contribution < -0.4 is 16.4 Å². The number of halogens is 3. The highest BCUT2D eigenvalue weighted by Gasteiger charge is 2.33. The third-order valence-electron chi connectivity index (χ3n) is 12.4.